The van der Waals surface area contributed by atoms with Gasteiger partial charge in [-0.1, -0.05) is 12.6 Å². The van der Waals surface area contributed by atoms with Gasteiger partial charge < -0.3 is 14.4 Å². The van der Waals surface area contributed by atoms with Crippen molar-refractivity contribution in [1.29, 1.82) is 0 Å². The van der Waals surface area contributed by atoms with Gasteiger partial charge in [0.15, 0.2) is 11.5 Å². The molecule has 0 atom stereocenters. The molecule has 25 heavy (non-hydrogen) atoms. The number of hydrogen-bond acceptors (Lipinski definition) is 4. The number of carbonyl (C=O) groups excluding carboxylic acids is 1. The van der Waals surface area contributed by atoms with Crippen LogP contribution in [0.5, 0.6) is 11.5 Å². The van der Waals surface area contributed by atoms with Crippen molar-refractivity contribution in [3.63, 3.8) is 0 Å². The van der Waals surface area contributed by atoms with Gasteiger partial charge in [-0.25, -0.2) is 0 Å². The Morgan fingerprint density at radius 1 is 1.24 bits per heavy atom. The van der Waals surface area contributed by atoms with Crippen LogP contribution in [0.2, 0.25) is 0 Å². The van der Waals surface area contributed by atoms with Crippen molar-refractivity contribution >= 4 is 29.0 Å². The molecule has 0 saturated carbocycles. The van der Waals surface area contributed by atoms with E-state index in [9.17, 15) is 4.79 Å². The standard InChI is InChI=1S/C20H19NO3S/c1-14-17-13-19-18(23-9-3-10-24-19)12-15(17)7-8-21(14)20(22)6-5-16-4-2-11-25-16/h2,4-6,11-13H,1,3,7-10H2. The van der Waals surface area contributed by atoms with E-state index in [1.165, 1.54) is 0 Å². The van der Waals surface area contributed by atoms with Crippen LogP contribution >= 0.6 is 11.3 Å². The zero-order valence-electron chi connectivity index (χ0n) is 13.9. The van der Waals surface area contributed by atoms with Crippen molar-refractivity contribution < 1.29 is 14.3 Å². The Kier molecular flexibility index (Phi) is 4.32. The van der Waals surface area contributed by atoms with Gasteiger partial charge in [-0.15, -0.1) is 11.3 Å². The second-order valence-corrected chi connectivity index (χ2v) is 7.02. The van der Waals surface area contributed by atoms with E-state index in [4.69, 9.17) is 9.47 Å². The molecule has 3 heterocycles. The van der Waals surface area contributed by atoms with Crippen LogP contribution in [0.15, 0.2) is 42.3 Å². The summed E-state index contributed by atoms with van der Waals surface area (Å²) in [6.45, 7) is 6.09. The van der Waals surface area contributed by atoms with Crippen molar-refractivity contribution in [3.05, 3.63) is 58.3 Å². The molecule has 5 heteroatoms. The number of fused-ring (bicyclic) bond motifs is 2. The number of benzene rings is 1. The Labute approximate surface area is 151 Å². The molecule has 128 valence electrons. The Morgan fingerprint density at radius 2 is 2.04 bits per heavy atom. The Balaban J connectivity index is 1.58. The van der Waals surface area contributed by atoms with Crippen LogP contribution in [0.25, 0.3) is 11.8 Å². The summed E-state index contributed by atoms with van der Waals surface area (Å²) in [6.07, 6.45) is 5.12. The van der Waals surface area contributed by atoms with Crippen LogP contribution in [-0.2, 0) is 11.2 Å². The zero-order chi connectivity index (χ0) is 17.2. The Morgan fingerprint density at radius 3 is 2.80 bits per heavy atom. The molecule has 0 spiro atoms. The van der Waals surface area contributed by atoms with Crippen LogP contribution in [0, 0.1) is 0 Å². The maximum atomic E-state index is 12.6. The first-order valence-electron chi connectivity index (χ1n) is 8.37. The van der Waals surface area contributed by atoms with Crippen molar-refractivity contribution in [1.82, 2.24) is 4.90 Å². The average molecular weight is 353 g/mol. The molecule has 4 rings (SSSR count). The molecule has 0 aliphatic carbocycles. The first-order chi connectivity index (χ1) is 12.2. The average Bonchev–Trinajstić information content (AvgIpc) is 3.03. The molecule has 0 N–H and O–H groups in total. The summed E-state index contributed by atoms with van der Waals surface area (Å²) in [5, 5.41) is 1.99. The van der Waals surface area contributed by atoms with Crippen molar-refractivity contribution in [2.45, 2.75) is 12.8 Å². The normalized spacial score (nSPS) is 16.6. The molecule has 1 amide bonds. The smallest absolute Gasteiger partial charge is 0.251 e. The van der Waals surface area contributed by atoms with Crippen LogP contribution in [0.1, 0.15) is 22.4 Å². The van der Waals surface area contributed by atoms with Crippen LogP contribution in [0.4, 0.5) is 0 Å². The van der Waals surface area contributed by atoms with E-state index in [0.29, 0.717) is 19.8 Å². The number of ether oxygens (including phenoxy) is 2. The first kappa shape index (κ1) is 16.0. The zero-order valence-corrected chi connectivity index (χ0v) is 14.7. The monoisotopic (exact) mass is 353 g/mol. The lowest BCUT2D eigenvalue weighted by molar-refractivity contribution is -0.123. The van der Waals surface area contributed by atoms with Gasteiger partial charge in [0.05, 0.1) is 13.2 Å². The van der Waals surface area contributed by atoms with Gasteiger partial charge in [-0.2, -0.15) is 0 Å². The fourth-order valence-corrected chi connectivity index (χ4v) is 3.73. The Bertz CT molecular complexity index is 839. The molecule has 4 nitrogen and oxygen atoms in total. The third-order valence-electron chi connectivity index (χ3n) is 4.41. The second-order valence-electron chi connectivity index (χ2n) is 6.04. The van der Waals surface area contributed by atoms with Crippen LogP contribution in [-0.4, -0.2) is 30.6 Å². The summed E-state index contributed by atoms with van der Waals surface area (Å²) in [4.78, 5) is 15.4. The summed E-state index contributed by atoms with van der Waals surface area (Å²) in [6, 6.07) is 7.95. The van der Waals surface area contributed by atoms with E-state index in [1.807, 2.05) is 35.7 Å². The van der Waals surface area contributed by atoms with Gasteiger partial charge in [0.25, 0.3) is 5.91 Å². The van der Waals surface area contributed by atoms with Crippen molar-refractivity contribution in [2.75, 3.05) is 19.8 Å². The number of nitrogens with zero attached hydrogens (tertiary/aromatic N) is 1. The third-order valence-corrected chi connectivity index (χ3v) is 5.25. The SMILES string of the molecule is C=C1c2cc3c(cc2CCN1C(=O)C=Cc1cccs1)OCCCO3. The summed E-state index contributed by atoms with van der Waals surface area (Å²) < 4.78 is 11.5. The molecule has 0 unspecified atom stereocenters. The summed E-state index contributed by atoms with van der Waals surface area (Å²) >= 11 is 1.61. The van der Waals surface area contributed by atoms with Gasteiger partial charge in [-0.05, 0) is 41.6 Å². The highest BCUT2D eigenvalue weighted by atomic mass is 32.1. The van der Waals surface area contributed by atoms with Gasteiger partial charge in [0.1, 0.15) is 0 Å². The predicted octanol–water partition coefficient (Wildman–Crippen LogP) is 3.98. The highest BCUT2D eigenvalue weighted by Gasteiger charge is 2.26. The van der Waals surface area contributed by atoms with Gasteiger partial charge in [0, 0.05) is 35.2 Å². The van der Waals surface area contributed by atoms with Crippen LogP contribution in [0.3, 0.4) is 0 Å². The largest absolute Gasteiger partial charge is 0.490 e. The lowest BCUT2D eigenvalue weighted by atomic mass is 9.96. The minimum atomic E-state index is -0.0452. The second kappa shape index (κ2) is 6.76. The van der Waals surface area contributed by atoms with E-state index < -0.39 is 0 Å². The highest BCUT2D eigenvalue weighted by molar-refractivity contribution is 7.10. The number of amides is 1. The maximum absolute atomic E-state index is 12.6. The number of rotatable bonds is 2. The maximum Gasteiger partial charge on any atom is 0.251 e. The molecule has 2 aliphatic rings. The predicted molar refractivity (Wildman–Crippen MR) is 99.9 cm³/mol. The summed E-state index contributed by atoms with van der Waals surface area (Å²) in [5.74, 6) is 1.48. The third kappa shape index (κ3) is 3.20. The van der Waals surface area contributed by atoms with Crippen molar-refractivity contribution in [2.24, 2.45) is 0 Å². The van der Waals surface area contributed by atoms with Gasteiger partial charge >= 0.3 is 0 Å². The molecule has 0 fully saturated rings. The fourth-order valence-electron chi connectivity index (χ4n) is 3.11. The van der Waals surface area contributed by atoms with Crippen LogP contribution < -0.4 is 9.47 Å². The summed E-state index contributed by atoms with van der Waals surface area (Å²) in [7, 11) is 0. The highest BCUT2D eigenvalue weighted by Crippen LogP contribution is 2.38. The Hall–Kier alpha value is -2.53. The van der Waals surface area contributed by atoms with E-state index in [2.05, 4.69) is 6.58 Å². The quantitative estimate of drug-likeness (QED) is 0.767. The molecule has 0 saturated heterocycles. The van der Waals surface area contributed by atoms with Crippen molar-refractivity contribution in [3.8, 4) is 11.5 Å². The lowest BCUT2D eigenvalue weighted by Gasteiger charge is -2.30. The lowest BCUT2D eigenvalue weighted by Crippen LogP contribution is -2.33. The van der Waals surface area contributed by atoms with E-state index in [-0.39, 0.29) is 5.91 Å². The van der Waals surface area contributed by atoms with E-state index >= 15 is 0 Å². The van der Waals surface area contributed by atoms with E-state index in [0.717, 1.165) is 46.0 Å². The molecule has 1 aromatic heterocycles. The van der Waals surface area contributed by atoms with Gasteiger partial charge in [-0.3, -0.25) is 4.79 Å². The summed E-state index contributed by atoms with van der Waals surface area (Å²) in [5.41, 5.74) is 2.84. The fraction of sp³-hybridized carbons (Fsp3) is 0.250. The molecule has 1 aromatic carbocycles. The molecule has 2 aliphatic heterocycles. The molecule has 0 radical (unpaired) electrons. The number of thiophene rings is 1. The molecular weight excluding hydrogens is 334 g/mol. The van der Waals surface area contributed by atoms with E-state index in [1.54, 1.807) is 22.3 Å². The number of hydrogen-bond donors (Lipinski definition) is 0. The minimum Gasteiger partial charge on any atom is -0.490 e. The number of carbonyl (C=O) groups is 1. The minimum absolute atomic E-state index is 0.0452. The molecular formula is C20H19NO3S. The molecule has 2 aromatic rings. The van der Waals surface area contributed by atoms with Gasteiger partial charge in [0.2, 0.25) is 0 Å². The topological polar surface area (TPSA) is 38.8 Å². The first-order valence-corrected chi connectivity index (χ1v) is 9.25. The molecule has 0 bridgehead atoms.